The molecule has 0 bridgehead atoms. The van der Waals surface area contributed by atoms with Crippen LogP contribution in [0.3, 0.4) is 0 Å². The predicted octanol–water partition coefficient (Wildman–Crippen LogP) is 4.80. The maximum Gasteiger partial charge on any atom is 0.343 e. The molecule has 0 unspecified atom stereocenters. The highest BCUT2D eigenvalue weighted by molar-refractivity contribution is 6.02. The van der Waals surface area contributed by atoms with E-state index in [0.29, 0.717) is 11.1 Å². The number of rotatable bonds is 6. The minimum absolute atomic E-state index is 0.0142. The summed E-state index contributed by atoms with van der Waals surface area (Å²) in [6.45, 7) is -0.492. The Kier molecular flexibility index (Phi) is 5.94. The standard InChI is InChI=1S/C26H18O6/c27-23-15-20-9-5-4-8-19(20)14-22(23)26(30)31-16-24(28)17-10-12-21(13-11-17)32-25(29)18-6-2-1-3-7-18/h1-15,27H,16H2. The first kappa shape index (κ1) is 20.8. The van der Waals surface area contributed by atoms with Crippen LogP contribution in [0.25, 0.3) is 10.8 Å². The Labute approximate surface area is 183 Å². The number of aromatic hydroxyl groups is 1. The first-order chi connectivity index (χ1) is 15.5. The molecule has 0 aliphatic carbocycles. The van der Waals surface area contributed by atoms with Gasteiger partial charge in [-0.05, 0) is 59.3 Å². The molecule has 0 saturated carbocycles. The van der Waals surface area contributed by atoms with E-state index >= 15 is 0 Å². The summed E-state index contributed by atoms with van der Waals surface area (Å²) >= 11 is 0. The van der Waals surface area contributed by atoms with Crippen molar-refractivity contribution in [1.29, 1.82) is 0 Å². The number of ether oxygens (including phenoxy) is 2. The lowest BCUT2D eigenvalue weighted by molar-refractivity contribution is 0.0472. The molecule has 0 aliphatic heterocycles. The third kappa shape index (κ3) is 4.65. The van der Waals surface area contributed by atoms with Crippen LogP contribution in [0.5, 0.6) is 11.5 Å². The highest BCUT2D eigenvalue weighted by atomic mass is 16.5. The largest absolute Gasteiger partial charge is 0.507 e. The maximum atomic E-state index is 12.4. The summed E-state index contributed by atoms with van der Waals surface area (Å²) < 4.78 is 10.4. The summed E-state index contributed by atoms with van der Waals surface area (Å²) in [5.74, 6) is -1.66. The number of phenols is 1. The zero-order chi connectivity index (χ0) is 22.5. The van der Waals surface area contributed by atoms with Crippen LogP contribution in [-0.2, 0) is 4.74 Å². The van der Waals surface area contributed by atoms with E-state index in [4.69, 9.17) is 9.47 Å². The predicted molar refractivity (Wildman–Crippen MR) is 118 cm³/mol. The van der Waals surface area contributed by atoms with Gasteiger partial charge in [0.15, 0.2) is 12.4 Å². The van der Waals surface area contributed by atoms with Crippen LogP contribution in [-0.4, -0.2) is 29.4 Å². The molecule has 0 amide bonds. The van der Waals surface area contributed by atoms with Gasteiger partial charge in [0, 0.05) is 5.56 Å². The van der Waals surface area contributed by atoms with E-state index in [0.717, 1.165) is 10.8 Å². The molecule has 1 N–H and O–H groups in total. The van der Waals surface area contributed by atoms with Gasteiger partial charge in [0.05, 0.1) is 5.56 Å². The van der Waals surface area contributed by atoms with Crippen molar-refractivity contribution >= 4 is 28.5 Å². The third-order valence-electron chi connectivity index (χ3n) is 4.81. The van der Waals surface area contributed by atoms with Crippen LogP contribution >= 0.6 is 0 Å². The highest BCUT2D eigenvalue weighted by Gasteiger charge is 2.17. The molecule has 4 aromatic rings. The van der Waals surface area contributed by atoms with Crippen molar-refractivity contribution in [3.8, 4) is 11.5 Å². The van der Waals surface area contributed by atoms with Gasteiger partial charge in [-0.15, -0.1) is 0 Å². The van der Waals surface area contributed by atoms with Crippen LogP contribution in [0.2, 0.25) is 0 Å². The number of carbonyl (C=O) groups excluding carboxylic acids is 3. The number of benzene rings is 4. The fourth-order valence-corrected chi connectivity index (χ4v) is 3.13. The first-order valence-electron chi connectivity index (χ1n) is 9.80. The van der Waals surface area contributed by atoms with Gasteiger partial charge < -0.3 is 14.6 Å². The average molecular weight is 426 g/mol. The quantitative estimate of drug-likeness (QED) is 0.271. The maximum absolute atomic E-state index is 12.4. The van der Waals surface area contributed by atoms with Crippen molar-refractivity contribution in [1.82, 2.24) is 0 Å². The molecule has 158 valence electrons. The van der Waals surface area contributed by atoms with Crippen molar-refractivity contribution < 1.29 is 29.0 Å². The van der Waals surface area contributed by atoms with Gasteiger partial charge in [0.1, 0.15) is 17.1 Å². The number of phenolic OH excluding ortho intramolecular Hbond substituents is 1. The number of esters is 2. The lowest BCUT2D eigenvalue weighted by Gasteiger charge is -2.08. The molecule has 32 heavy (non-hydrogen) atoms. The topological polar surface area (TPSA) is 89.9 Å². The Balaban J connectivity index is 1.37. The molecular formula is C26H18O6. The number of fused-ring (bicyclic) bond motifs is 1. The molecule has 0 heterocycles. The second kappa shape index (κ2) is 9.14. The molecular weight excluding hydrogens is 408 g/mol. The van der Waals surface area contributed by atoms with E-state index in [-0.39, 0.29) is 17.1 Å². The van der Waals surface area contributed by atoms with Crippen LogP contribution in [0.15, 0.2) is 91.0 Å². The molecule has 0 fully saturated rings. The summed E-state index contributed by atoms with van der Waals surface area (Å²) in [4.78, 5) is 36.8. The first-order valence-corrected chi connectivity index (χ1v) is 9.80. The summed E-state index contributed by atoms with van der Waals surface area (Å²) in [6, 6.07) is 24.8. The molecule has 0 radical (unpaired) electrons. The molecule has 6 heteroatoms. The van der Waals surface area contributed by atoms with E-state index in [2.05, 4.69) is 0 Å². The molecule has 4 rings (SSSR count). The van der Waals surface area contributed by atoms with E-state index in [1.165, 1.54) is 36.4 Å². The smallest absolute Gasteiger partial charge is 0.343 e. The lowest BCUT2D eigenvalue weighted by atomic mass is 10.1. The second-order valence-corrected chi connectivity index (χ2v) is 7.00. The Bertz CT molecular complexity index is 1290. The molecule has 4 aromatic carbocycles. The van der Waals surface area contributed by atoms with Crippen LogP contribution in [0, 0.1) is 0 Å². The fourth-order valence-electron chi connectivity index (χ4n) is 3.13. The van der Waals surface area contributed by atoms with Crippen molar-refractivity contribution in [2.24, 2.45) is 0 Å². The lowest BCUT2D eigenvalue weighted by Crippen LogP contribution is -2.14. The van der Waals surface area contributed by atoms with Gasteiger partial charge >= 0.3 is 11.9 Å². The molecule has 0 spiro atoms. The summed E-state index contributed by atoms with van der Waals surface area (Å²) in [7, 11) is 0. The normalized spacial score (nSPS) is 10.5. The zero-order valence-corrected chi connectivity index (χ0v) is 16.9. The van der Waals surface area contributed by atoms with Crippen LogP contribution in [0.1, 0.15) is 31.1 Å². The van der Waals surface area contributed by atoms with Crippen molar-refractivity contribution in [3.63, 3.8) is 0 Å². The summed E-state index contributed by atoms with van der Waals surface area (Å²) in [5, 5.41) is 11.7. The van der Waals surface area contributed by atoms with E-state index in [1.54, 1.807) is 30.3 Å². The van der Waals surface area contributed by atoms with Crippen LogP contribution in [0.4, 0.5) is 0 Å². The van der Waals surface area contributed by atoms with E-state index in [9.17, 15) is 19.5 Å². The molecule has 6 nitrogen and oxygen atoms in total. The number of ketones is 1. The SMILES string of the molecule is O=C(COC(=O)c1cc2ccccc2cc1O)c1ccc(OC(=O)c2ccccc2)cc1. The van der Waals surface area contributed by atoms with Gasteiger partial charge in [-0.2, -0.15) is 0 Å². The highest BCUT2D eigenvalue weighted by Crippen LogP contribution is 2.25. The zero-order valence-electron chi connectivity index (χ0n) is 16.9. The summed E-state index contributed by atoms with van der Waals surface area (Å²) in [5.41, 5.74) is 0.691. The van der Waals surface area contributed by atoms with Crippen molar-refractivity contribution in [2.45, 2.75) is 0 Å². The van der Waals surface area contributed by atoms with Gasteiger partial charge in [0.2, 0.25) is 0 Å². The second-order valence-electron chi connectivity index (χ2n) is 7.00. The Morgan fingerprint density at radius 1 is 0.688 bits per heavy atom. The van der Waals surface area contributed by atoms with Crippen molar-refractivity contribution in [3.05, 3.63) is 108 Å². The third-order valence-corrected chi connectivity index (χ3v) is 4.81. The van der Waals surface area contributed by atoms with Gasteiger partial charge in [-0.3, -0.25) is 4.79 Å². The Hall–Kier alpha value is -4.45. The number of Topliss-reactive ketones (excluding diaryl/α,β-unsaturated/α-hetero) is 1. The van der Waals surface area contributed by atoms with Crippen molar-refractivity contribution in [2.75, 3.05) is 6.61 Å². The number of hydrogen-bond acceptors (Lipinski definition) is 6. The minimum atomic E-state index is -0.796. The van der Waals surface area contributed by atoms with Gasteiger partial charge in [-0.1, -0.05) is 42.5 Å². The van der Waals surface area contributed by atoms with E-state index in [1.807, 2.05) is 24.3 Å². The number of hydrogen-bond donors (Lipinski definition) is 1. The monoisotopic (exact) mass is 426 g/mol. The molecule has 0 atom stereocenters. The summed E-state index contributed by atoms with van der Waals surface area (Å²) in [6.07, 6.45) is 0. The Morgan fingerprint density at radius 2 is 1.31 bits per heavy atom. The average Bonchev–Trinajstić information content (AvgIpc) is 2.83. The molecule has 0 aromatic heterocycles. The minimum Gasteiger partial charge on any atom is -0.507 e. The van der Waals surface area contributed by atoms with Crippen LogP contribution < -0.4 is 4.74 Å². The Morgan fingerprint density at radius 3 is 2.00 bits per heavy atom. The molecule has 0 aliphatic rings. The fraction of sp³-hybridized carbons (Fsp3) is 0.0385. The number of carbonyl (C=O) groups is 3. The van der Waals surface area contributed by atoms with Gasteiger partial charge in [0.25, 0.3) is 0 Å². The van der Waals surface area contributed by atoms with E-state index < -0.39 is 24.3 Å². The van der Waals surface area contributed by atoms with Gasteiger partial charge in [-0.25, -0.2) is 9.59 Å². The molecule has 0 saturated heterocycles.